The van der Waals surface area contributed by atoms with Gasteiger partial charge >= 0.3 is 6.64 Å². The molecule has 11 nitrogen and oxygen atoms in total. The highest BCUT2D eigenvalue weighted by atomic mass is 32.5. The zero-order valence-corrected chi connectivity index (χ0v) is 21.6. The quantitative estimate of drug-likeness (QED) is 0.398. The minimum atomic E-state index is -3.35. The molecule has 4 aliphatic rings. The lowest BCUT2D eigenvalue weighted by molar-refractivity contribution is -0.247. The molecule has 14 heteroatoms. The van der Waals surface area contributed by atoms with E-state index >= 15 is 0 Å². The lowest BCUT2D eigenvalue weighted by Crippen LogP contribution is -2.75. The molecule has 0 atom stereocenters. The van der Waals surface area contributed by atoms with Gasteiger partial charge in [-0.15, -0.1) is 0 Å². The number of rotatable bonds is 7. The fraction of sp³-hybridized carbons (Fsp3) is 0.300. The Labute approximate surface area is 203 Å². The molecule has 0 unspecified atom stereocenters. The van der Waals surface area contributed by atoms with Crippen molar-refractivity contribution >= 4 is 38.5 Å². The minimum Gasteiger partial charge on any atom is -0.419 e. The van der Waals surface area contributed by atoms with Crippen molar-refractivity contribution in [1.29, 1.82) is 0 Å². The number of hydrogen-bond acceptors (Lipinski definition) is 8. The molecule has 4 bridgehead atoms. The van der Waals surface area contributed by atoms with Crippen molar-refractivity contribution in [1.82, 2.24) is 29.4 Å². The summed E-state index contributed by atoms with van der Waals surface area (Å²) in [7, 11) is 3.49. The summed E-state index contributed by atoms with van der Waals surface area (Å²) in [4.78, 5) is 22.1. The van der Waals surface area contributed by atoms with Crippen LogP contribution >= 0.6 is 14.1 Å². The van der Waals surface area contributed by atoms with E-state index < -0.39 is 14.1 Å². The Bertz CT molecular complexity index is 1100. The van der Waals surface area contributed by atoms with Crippen molar-refractivity contribution in [2.45, 2.75) is 0 Å². The van der Waals surface area contributed by atoms with Crippen molar-refractivity contribution in [2.24, 2.45) is 4.52 Å². The van der Waals surface area contributed by atoms with Crippen molar-refractivity contribution < 1.29 is 18.6 Å². The SMILES string of the molecule is CN1N2CN3CN(C2)N(C)P1(=NP(=S)(Oc1ccc(C=O)cc1)Oc1ccc(C=O)cc1)N3C. The maximum atomic E-state index is 11.1. The number of carbonyl (C=O) groups is 2. The average Bonchev–Trinajstić information content (AvgIpc) is 2.85. The van der Waals surface area contributed by atoms with Gasteiger partial charge in [0, 0.05) is 44.1 Å². The highest BCUT2D eigenvalue weighted by Crippen LogP contribution is 2.71. The molecule has 0 N–H and O–H groups in total. The molecule has 4 aliphatic heterocycles. The molecule has 6 rings (SSSR count). The largest absolute Gasteiger partial charge is 0.419 e. The van der Waals surface area contributed by atoms with Crippen LogP contribution in [-0.4, -0.2) is 83.1 Å². The van der Waals surface area contributed by atoms with Crippen LogP contribution in [0.4, 0.5) is 0 Å². The van der Waals surface area contributed by atoms with Crippen LogP contribution in [0.3, 0.4) is 0 Å². The molecule has 0 saturated carbocycles. The lowest BCUT2D eigenvalue weighted by atomic mass is 10.2. The topological polar surface area (TPSA) is 84.4 Å². The van der Waals surface area contributed by atoms with Gasteiger partial charge in [0.15, 0.2) is 0 Å². The molecule has 0 aliphatic carbocycles. The second-order valence-corrected chi connectivity index (χ2v) is 14.3. The zero-order chi connectivity index (χ0) is 24.1. The number of hydrogen-bond donors (Lipinski definition) is 0. The summed E-state index contributed by atoms with van der Waals surface area (Å²) in [6.07, 6.45) is 1.54. The average molecular weight is 521 g/mol. The summed E-state index contributed by atoms with van der Waals surface area (Å²) in [5.74, 6) is 0.926. The van der Waals surface area contributed by atoms with Gasteiger partial charge in [-0.25, -0.2) is 15.0 Å². The molecule has 4 fully saturated rings. The molecule has 0 spiro atoms. The molecular formula is C20H25N7O4P2S. The standard InChI is InChI=1S/C20H25N7O4P2S/c1-22-25-14-26-16-27(15-25)24(3)32(22,23(26)2)21-33(34,30-19-8-4-17(12-28)5-9-19)31-20-10-6-18(13-29)7-11-20/h4-13H,14-16H2,1-3H3. The van der Waals surface area contributed by atoms with Crippen LogP contribution in [0, 0.1) is 0 Å². The predicted molar refractivity (Wildman–Crippen MR) is 132 cm³/mol. The van der Waals surface area contributed by atoms with E-state index in [9.17, 15) is 9.59 Å². The van der Waals surface area contributed by atoms with Crippen LogP contribution in [0.2, 0.25) is 0 Å². The van der Waals surface area contributed by atoms with Gasteiger partial charge in [-0.05, 0) is 48.5 Å². The van der Waals surface area contributed by atoms with E-state index in [0.29, 0.717) is 22.6 Å². The van der Waals surface area contributed by atoms with Crippen molar-refractivity contribution in [3.63, 3.8) is 0 Å². The van der Waals surface area contributed by atoms with E-state index in [-0.39, 0.29) is 0 Å². The Balaban J connectivity index is 1.60. The molecule has 2 aromatic carbocycles. The molecule has 180 valence electrons. The minimum absolute atomic E-state index is 0.463. The molecule has 0 radical (unpaired) electrons. The first-order chi connectivity index (χ1) is 16.3. The summed E-state index contributed by atoms with van der Waals surface area (Å²) in [6, 6.07) is 13.4. The van der Waals surface area contributed by atoms with Crippen LogP contribution < -0.4 is 9.05 Å². The Kier molecular flexibility index (Phi) is 6.22. The predicted octanol–water partition coefficient (Wildman–Crippen LogP) is 3.30. The molecule has 2 aromatic rings. The highest BCUT2D eigenvalue weighted by Gasteiger charge is 2.56. The Morgan fingerprint density at radius 1 is 0.765 bits per heavy atom. The van der Waals surface area contributed by atoms with Crippen molar-refractivity contribution in [3.8, 4) is 11.5 Å². The second-order valence-electron chi connectivity index (χ2n) is 8.06. The Morgan fingerprint density at radius 3 is 1.44 bits per heavy atom. The van der Waals surface area contributed by atoms with E-state index in [2.05, 4.69) is 29.4 Å². The van der Waals surface area contributed by atoms with Crippen LogP contribution in [-0.2, 0) is 11.8 Å². The monoisotopic (exact) mass is 521 g/mol. The van der Waals surface area contributed by atoms with Gasteiger partial charge in [0.05, 0.1) is 20.0 Å². The first kappa shape index (κ1) is 23.7. The number of benzene rings is 2. The van der Waals surface area contributed by atoms with E-state index in [1.807, 2.05) is 21.1 Å². The van der Waals surface area contributed by atoms with Gasteiger partial charge in [-0.1, -0.05) is 0 Å². The summed E-state index contributed by atoms with van der Waals surface area (Å²) in [5, 5.41) is 6.66. The van der Waals surface area contributed by atoms with Gasteiger partial charge in [-0.2, -0.15) is 18.9 Å². The van der Waals surface area contributed by atoms with E-state index in [4.69, 9.17) is 25.4 Å². The number of nitrogens with zero attached hydrogens (tertiary/aromatic N) is 7. The van der Waals surface area contributed by atoms with Crippen molar-refractivity contribution in [3.05, 3.63) is 59.7 Å². The third kappa shape index (κ3) is 3.95. The fourth-order valence-electron chi connectivity index (χ4n) is 4.18. The van der Waals surface area contributed by atoms with Crippen LogP contribution in [0.5, 0.6) is 11.5 Å². The number of carbonyl (C=O) groups excluding carboxylic acids is 2. The van der Waals surface area contributed by atoms with E-state index in [1.165, 1.54) is 0 Å². The van der Waals surface area contributed by atoms with Gasteiger partial charge in [0.25, 0.3) is 0 Å². The highest BCUT2D eigenvalue weighted by molar-refractivity contribution is 8.10. The smallest absolute Gasteiger partial charge is 0.416 e. The second kappa shape index (κ2) is 8.91. The van der Waals surface area contributed by atoms with Gasteiger partial charge in [0.1, 0.15) is 24.1 Å². The third-order valence-electron chi connectivity index (χ3n) is 6.08. The fourth-order valence-corrected chi connectivity index (χ4v) is 11.7. The van der Waals surface area contributed by atoms with Crippen LogP contribution in [0.25, 0.3) is 0 Å². The summed E-state index contributed by atoms with van der Waals surface area (Å²) >= 11 is 6.04. The normalized spacial score (nSPS) is 29.1. The van der Waals surface area contributed by atoms with Crippen LogP contribution in [0.15, 0.2) is 53.0 Å². The van der Waals surface area contributed by atoms with Crippen molar-refractivity contribution in [2.75, 3.05) is 41.1 Å². The summed E-state index contributed by atoms with van der Waals surface area (Å²) in [6.45, 7) is -1.06. The Morgan fingerprint density at radius 2 is 1.12 bits per heavy atom. The maximum Gasteiger partial charge on any atom is 0.416 e. The van der Waals surface area contributed by atoms with E-state index in [1.54, 1.807) is 48.5 Å². The zero-order valence-electron chi connectivity index (χ0n) is 19.0. The summed E-state index contributed by atoms with van der Waals surface area (Å²) < 4.78 is 24.3. The van der Waals surface area contributed by atoms with Gasteiger partial charge in [-0.3, -0.25) is 9.59 Å². The molecule has 4 saturated heterocycles. The van der Waals surface area contributed by atoms with Gasteiger partial charge in [0.2, 0.25) is 7.51 Å². The molecule has 0 amide bonds. The lowest BCUT2D eigenvalue weighted by Gasteiger charge is -2.67. The van der Waals surface area contributed by atoms with Crippen LogP contribution in [0.1, 0.15) is 20.7 Å². The first-order valence-corrected chi connectivity index (χ1v) is 14.7. The third-order valence-corrected chi connectivity index (χ3v) is 13.0. The van der Waals surface area contributed by atoms with Gasteiger partial charge < -0.3 is 9.05 Å². The number of aldehydes is 2. The molecule has 0 aromatic heterocycles. The Hall–Kier alpha value is -1.98. The number of hydrazine groups is 3. The molecule has 34 heavy (non-hydrogen) atoms. The molecule has 4 heterocycles. The maximum absolute atomic E-state index is 11.1. The molecular weight excluding hydrogens is 496 g/mol. The summed E-state index contributed by atoms with van der Waals surface area (Å²) in [5.41, 5.74) is 1.06. The first-order valence-electron chi connectivity index (χ1n) is 10.5. The van der Waals surface area contributed by atoms with E-state index in [0.717, 1.165) is 32.6 Å².